The Morgan fingerprint density at radius 2 is 1.86 bits per heavy atom. The molecular formula is C13H8ClF3N4. The number of halogens is 4. The maximum absolute atomic E-state index is 12.9. The van der Waals surface area contributed by atoms with Crippen molar-refractivity contribution in [2.24, 2.45) is 0 Å². The third kappa shape index (κ3) is 2.44. The molecule has 0 radical (unpaired) electrons. The molecule has 0 fully saturated rings. The first-order valence-electron chi connectivity index (χ1n) is 5.92. The Balaban J connectivity index is 2.16. The van der Waals surface area contributed by atoms with Gasteiger partial charge < -0.3 is 0 Å². The van der Waals surface area contributed by atoms with Crippen molar-refractivity contribution in [3.63, 3.8) is 0 Å². The number of fused-ring (bicyclic) bond motifs is 1. The fourth-order valence-electron chi connectivity index (χ4n) is 1.95. The van der Waals surface area contributed by atoms with Crippen LogP contribution in [0.2, 0.25) is 5.02 Å². The summed E-state index contributed by atoms with van der Waals surface area (Å²) in [5.41, 5.74) is 0.347. The SMILES string of the molecule is Cc1nnc2ccc(-c3ccc(Cl)c(C(F)(F)F)c3)nn12. The first kappa shape index (κ1) is 13.8. The van der Waals surface area contributed by atoms with Gasteiger partial charge in [-0.1, -0.05) is 17.7 Å². The van der Waals surface area contributed by atoms with E-state index in [2.05, 4.69) is 15.3 Å². The van der Waals surface area contributed by atoms with Crippen molar-refractivity contribution < 1.29 is 13.2 Å². The van der Waals surface area contributed by atoms with Crippen molar-refractivity contribution >= 4 is 17.2 Å². The summed E-state index contributed by atoms with van der Waals surface area (Å²) < 4.78 is 40.1. The van der Waals surface area contributed by atoms with E-state index in [1.54, 1.807) is 19.1 Å². The van der Waals surface area contributed by atoms with Gasteiger partial charge >= 0.3 is 6.18 Å². The lowest BCUT2D eigenvalue weighted by Gasteiger charge is -2.10. The average Bonchev–Trinajstić information content (AvgIpc) is 2.79. The Bertz CT molecular complexity index is 826. The van der Waals surface area contributed by atoms with Gasteiger partial charge in [-0.05, 0) is 31.2 Å². The van der Waals surface area contributed by atoms with Crippen molar-refractivity contribution in [1.82, 2.24) is 19.8 Å². The molecule has 3 aromatic rings. The summed E-state index contributed by atoms with van der Waals surface area (Å²) in [5, 5.41) is 11.6. The summed E-state index contributed by atoms with van der Waals surface area (Å²) in [4.78, 5) is 0. The van der Waals surface area contributed by atoms with Crippen LogP contribution in [0.3, 0.4) is 0 Å². The number of aryl methyl sites for hydroxylation is 1. The molecule has 0 bridgehead atoms. The van der Waals surface area contributed by atoms with Crippen LogP contribution in [0.25, 0.3) is 16.9 Å². The number of nitrogens with zero attached hydrogens (tertiary/aromatic N) is 4. The molecule has 3 rings (SSSR count). The molecule has 1 aromatic carbocycles. The normalized spacial score (nSPS) is 12.0. The molecule has 2 heterocycles. The molecular weight excluding hydrogens is 305 g/mol. The highest BCUT2D eigenvalue weighted by molar-refractivity contribution is 6.31. The molecule has 108 valence electrons. The summed E-state index contributed by atoms with van der Waals surface area (Å²) in [7, 11) is 0. The summed E-state index contributed by atoms with van der Waals surface area (Å²) in [6, 6.07) is 6.92. The number of alkyl halides is 3. The van der Waals surface area contributed by atoms with E-state index in [1.165, 1.54) is 16.6 Å². The van der Waals surface area contributed by atoms with Gasteiger partial charge in [0.05, 0.1) is 16.3 Å². The third-order valence-electron chi connectivity index (χ3n) is 2.99. The third-order valence-corrected chi connectivity index (χ3v) is 3.32. The van der Waals surface area contributed by atoms with Crippen LogP contribution in [0, 0.1) is 6.92 Å². The quantitative estimate of drug-likeness (QED) is 0.687. The average molecular weight is 313 g/mol. The molecule has 0 aliphatic heterocycles. The topological polar surface area (TPSA) is 43.1 Å². The van der Waals surface area contributed by atoms with Gasteiger partial charge in [0.15, 0.2) is 11.5 Å². The van der Waals surface area contributed by atoms with E-state index < -0.39 is 11.7 Å². The van der Waals surface area contributed by atoms with Gasteiger partial charge in [-0.2, -0.15) is 22.8 Å². The van der Waals surface area contributed by atoms with Crippen LogP contribution in [-0.2, 0) is 6.18 Å². The van der Waals surface area contributed by atoms with Crippen LogP contribution in [0.4, 0.5) is 13.2 Å². The number of rotatable bonds is 1. The number of hydrogen-bond acceptors (Lipinski definition) is 3. The van der Waals surface area contributed by atoms with Gasteiger partial charge in [-0.25, -0.2) is 0 Å². The van der Waals surface area contributed by atoms with Crippen LogP contribution >= 0.6 is 11.6 Å². The lowest BCUT2D eigenvalue weighted by atomic mass is 10.1. The molecule has 4 nitrogen and oxygen atoms in total. The molecule has 0 saturated heterocycles. The van der Waals surface area contributed by atoms with Gasteiger partial charge in [-0.3, -0.25) is 0 Å². The predicted molar refractivity (Wildman–Crippen MR) is 71.0 cm³/mol. The minimum Gasteiger partial charge on any atom is -0.197 e. The van der Waals surface area contributed by atoms with Gasteiger partial charge in [0.25, 0.3) is 0 Å². The lowest BCUT2D eigenvalue weighted by molar-refractivity contribution is -0.137. The highest BCUT2D eigenvalue weighted by Gasteiger charge is 2.33. The first-order chi connectivity index (χ1) is 9.86. The summed E-state index contributed by atoms with van der Waals surface area (Å²) in [5.74, 6) is 0.553. The minimum absolute atomic E-state index is 0.321. The largest absolute Gasteiger partial charge is 0.417 e. The molecule has 8 heteroatoms. The Labute approximate surface area is 122 Å². The molecule has 0 aliphatic rings. The molecule has 0 saturated carbocycles. The van der Waals surface area contributed by atoms with Gasteiger partial charge in [0.1, 0.15) is 0 Å². The van der Waals surface area contributed by atoms with Crippen molar-refractivity contribution in [2.75, 3.05) is 0 Å². The van der Waals surface area contributed by atoms with E-state index in [9.17, 15) is 13.2 Å². The Morgan fingerprint density at radius 3 is 2.57 bits per heavy atom. The fourth-order valence-corrected chi connectivity index (χ4v) is 2.18. The zero-order valence-corrected chi connectivity index (χ0v) is 11.4. The number of hydrogen-bond donors (Lipinski definition) is 0. The highest BCUT2D eigenvalue weighted by Crippen LogP contribution is 2.36. The smallest absolute Gasteiger partial charge is 0.197 e. The van der Waals surface area contributed by atoms with Crippen LogP contribution in [0.15, 0.2) is 30.3 Å². The molecule has 0 spiro atoms. The second-order valence-electron chi connectivity index (χ2n) is 4.43. The zero-order chi connectivity index (χ0) is 15.2. The number of aromatic nitrogens is 4. The van der Waals surface area contributed by atoms with Crippen molar-refractivity contribution in [2.45, 2.75) is 13.1 Å². The van der Waals surface area contributed by atoms with Gasteiger partial charge in [-0.15, -0.1) is 10.2 Å². The molecule has 0 unspecified atom stereocenters. The Kier molecular flexibility index (Phi) is 3.09. The fraction of sp³-hybridized carbons (Fsp3) is 0.154. The molecule has 0 amide bonds. The standard InChI is InChI=1S/C13H8ClF3N4/c1-7-18-19-12-5-4-11(20-21(7)12)8-2-3-10(14)9(6-8)13(15,16)17/h2-6H,1H3. The molecule has 2 aromatic heterocycles. The molecule has 0 atom stereocenters. The van der Waals surface area contributed by atoms with Crippen molar-refractivity contribution in [3.8, 4) is 11.3 Å². The Morgan fingerprint density at radius 1 is 1.10 bits per heavy atom. The zero-order valence-electron chi connectivity index (χ0n) is 10.7. The summed E-state index contributed by atoms with van der Waals surface area (Å²) in [6.45, 7) is 1.71. The second kappa shape index (κ2) is 4.70. The molecule has 0 aliphatic carbocycles. The lowest BCUT2D eigenvalue weighted by Crippen LogP contribution is -2.06. The van der Waals surface area contributed by atoms with Crippen LogP contribution < -0.4 is 0 Å². The second-order valence-corrected chi connectivity index (χ2v) is 4.84. The monoisotopic (exact) mass is 312 g/mol. The maximum atomic E-state index is 12.9. The van der Waals surface area contributed by atoms with Crippen LogP contribution in [0.1, 0.15) is 11.4 Å². The van der Waals surface area contributed by atoms with Crippen molar-refractivity contribution in [1.29, 1.82) is 0 Å². The minimum atomic E-state index is -4.51. The number of benzene rings is 1. The first-order valence-corrected chi connectivity index (χ1v) is 6.30. The highest BCUT2D eigenvalue weighted by atomic mass is 35.5. The van der Waals surface area contributed by atoms with E-state index in [0.717, 1.165) is 6.07 Å². The van der Waals surface area contributed by atoms with Gasteiger partial charge in [0.2, 0.25) is 0 Å². The maximum Gasteiger partial charge on any atom is 0.417 e. The van der Waals surface area contributed by atoms with Crippen LogP contribution in [-0.4, -0.2) is 19.8 Å². The van der Waals surface area contributed by atoms with E-state index in [-0.39, 0.29) is 5.02 Å². The van der Waals surface area contributed by atoms with Crippen molar-refractivity contribution in [3.05, 3.63) is 46.7 Å². The summed E-state index contributed by atoms with van der Waals surface area (Å²) >= 11 is 5.61. The summed E-state index contributed by atoms with van der Waals surface area (Å²) in [6.07, 6.45) is -4.51. The van der Waals surface area contributed by atoms with Gasteiger partial charge in [0, 0.05) is 5.56 Å². The van der Waals surface area contributed by atoms with E-state index in [0.29, 0.717) is 22.7 Å². The predicted octanol–water partition coefficient (Wildman–Crippen LogP) is 3.77. The van der Waals surface area contributed by atoms with Crippen LogP contribution in [0.5, 0.6) is 0 Å². The molecule has 0 N–H and O–H groups in total. The molecule has 21 heavy (non-hydrogen) atoms. The Hall–Kier alpha value is -2.15. The van der Waals surface area contributed by atoms with E-state index >= 15 is 0 Å². The van der Waals surface area contributed by atoms with E-state index in [1.807, 2.05) is 0 Å². The van der Waals surface area contributed by atoms with E-state index in [4.69, 9.17) is 11.6 Å².